The number of halogens is 1. The van der Waals surface area contributed by atoms with E-state index in [1.165, 1.54) is 25.1 Å². The van der Waals surface area contributed by atoms with Gasteiger partial charge in [-0.25, -0.2) is 12.8 Å². The topological polar surface area (TPSA) is 63.2 Å². The van der Waals surface area contributed by atoms with Gasteiger partial charge in [-0.05, 0) is 45.4 Å². The summed E-state index contributed by atoms with van der Waals surface area (Å²) in [6, 6.07) is 5.37. The summed E-state index contributed by atoms with van der Waals surface area (Å²) in [5.41, 5.74) is -0.167. The average molecular weight is 301 g/mol. The van der Waals surface area contributed by atoms with Crippen LogP contribution < -0.4 is 5.32 Å². The van der Waals surface area contributed by atoms with Crippen molar-refractivity contribution in [1.82, 2.24) is 5.32 Å². The highest BCUT2D eigenvalue weighted by atomic mass is 32.2. The summed E-state index contributed by atoms with van der Waals surface area (Å²) >= 11 is 0. The molecule has 0 saturated heterocycles. The molecule has 0 aliphatic carbocycles. The number of hydrogen-bond acceptors (Lipinski definition) is 3. The zero-order chi connectivity index (χ0) is 15.6. The molecule has 4 nitrogen and oxygen atoms in total. The Morgan fingerprint density at radius 2 is 1.95 bits per heavy atom. The lowest BCUT2D eigenvalue weighted by molar-refractivity contribution is -0.121. The molecule has 1 aromatic carbocycles. The first-order chi connectivity index (χ1) is 9.01. The Bertz CT molecular complexity index is 591. The van der Waals surface area contributed by atoms with Crippen LogP contribution in [0.15, 0.2) is 24.3 Å². The highest BCUT2D eigenvalue weighted by Crippen LogP contribution is 2.13. The van der Waals surface area contributed by atoms with E-state index in [-0.39, 0.29) is 5.75 Å². The van der Waals surface area contributed by atoms with Crippen LogP contribution >= 0.6 is 0 Å². The van der Waals surface area contributed by atoms with E-state index in [1.807, 2.05) is 0 Å². The molecule has 0 radical (unpaired) electrons. The normalized spacial score (nSPS) is 13.8. The van der Waals surface area contributed by atoms with Crippen molar-refractivity contribution in [1.29, 1.82) is 0 Å². The molecule has 1 atom stereocenters. The predicted molar refractivity (Wildman–Crippen MR) is 76.4 cm³/mol. The van der Waals surface area contributed by atoms with Gasteiger partial charge in [0, 0.05) is 5.54 Å². The first-order valence-corrected chi connectivity index (χ1v) is 8.01. The number of benzene rings is 1. The van der Waals surface area contributed by atoms with Gasteiger partial charge in [0.25, 0.3) is 0 Å². The highest BCUT2D eigenvalue weighted by Gasteiger charge is 2.30. The fourth-order valence-electron chi connectivity index (χ4n) is 1.62. The quantitative estimate of drug-likeness (QED) is 0.925. The maximum atomic E-state index is 13.1. The van der Waals surface area contributed by atoms with E-state index in [1.54, 1.807) is 20.8 Å². The first kappa shape index (κ1) is 16.6. The van der Waals surface area contributed by atoms with E-state index in [0.29, 0.717) is 5.56 Å². The van der Waals surface area contributed by atoms with Crippen LogP contribution in [0.5, 0.6) is 0 Å². The minimum absolute atomic E-state index is 0.334. The van der Waals surface area contributed by atoms with Gasteiger partial charge in [-0.1, -0.05) is 12.1 Å². The largest absolute Gasteiger partial charge is 0.350 e. The third-order valence-electron chi connectivity index (χ3n) is 2.66. The van der Waals surface area contributed by atoms with E-state index < -0.39 is 32.4 Å². The summed E-state index contributed by atoms with van der Waals surface area (Å²) in [5, 5.41) is 1.45. The molecule has 0 heterocycles. The Balaban J connectivity index is 2.86. The van der Waals surface area contributed by atoms with Crippen molar-refractivity contribution in [2.45, 2.75) is 44.2 Å². The summed E-state index contributed by atoms with van der Waals surface area (Å²) < 4.78 is 37.4. The molecule has 0 spiro atoms. The van der Waals surface area contributed by atoms with Crippen LogP contribution in [0, 0.1) is 5.82 Å². The van der Waals surface area contributed by atoms with Crippen LogP contribution in [0.2, 0.25) is 0 Å². The van der Waals surface area contributed by atoms with E-state index in [4.69, 9.17) is 0 Å². The summed E-state index contributed by atoms with van der Waals surface area (Å²) in [6.45, 7) is 6.67. The fraction of sp³-hybridized carbons (Fsp3) is 0.500. The lowest BCUT2D eigenvalue weighted by Gasteiger charge is -2.23. The van der Waals surface area contributed by atoms with E-state index in [0.717, 1.165) is 6.07 Å². The SMILES string of the molecule is CC(C(=O)NC(C)(C)C)S(=O)(=O)Cc1cccc(F)c1. The Kier molecular flexibility index (Phi) is 4.91. The standard InChI is InChI=1S/C14H20FNO3S/c1-10(13(17)16-14(2,3)4)20(18,19)9-11-6-5-7-12(15)8-11/h5-8,10H,9H2,1-4H3,(H,16,17). The summed E-state index contributed by atoms with van der Waals surface area (Å²) in [5.74, 6) is -1.40. The lowest BCUT2D eigenvalue weighted by atomic mass is 10.1. The van der Waals surface area contributed by atoms with Gasteiger partial charge in [0.05, 0.1) is 5.75 Å². The Labute approximate surface area is 119 Å². The van der Waals surface area contributed by atoms with Crippen molar-refractivity contribution >= 4 is 15.7 Å². The molecule has 0 aliphatic heterocycles. The minimum atomic E-state index is -3.68. The number of rotatable bonds is 4. The van der Waals surface area contributed by atoms with Crippen LogP contribution in [0.4, 0.5) is 4.39 Å². The van der Waals surface area contributed by atoms with Crippen molar-refractivity contribution in [3.8, 4) is 0 Å². The van der Waals surface area contributed by atoms with Gasteiger partial charge in [0.15, 0.2) is 9.84 Å². The second-order valence-corrected chi connectivity index (χ2v) is 8.14. The van der Waals surface area contributed by atoms with Crippen LogP contribution in [0.25, 0.3) is 0 Å². The molecule has 0 fully saturated rings. The van der Waals surface area contributed by atoms with Crippen molar-refractivity contribution in [3.05, 3.63) is 35.6 Å². The van der Waals surface area contributed by atoms with E-state index in [2.05, 4.69) is 5.32 Å². The molecule has 1 amide bonds. The lowest BCUT2D eigenvalue weighted by Crippen LogP contribution is -2.47. The molecule has 1 unspecified atom stereocenters. The number of nitrogens with one attached hydrogen (secondary N) is 1. The average Bonchev–Trinajstić information content (AvgIpc) is 2.24. The second kappa shape index (κ2) is 5.91. The monoisotopic (exact) mass is 301 g/mol. The summed E-state index contributed by atoms with van der Waals surface area (Å²) in [6.07, 6.45) is 0. The smallest absolute Gasteiger partial charge is 0.238 e. The molecule has 1 rings (SSSR count). The molecule has 0 aromatic heterocycles. The molecule has 20 heavy (non-hydrogen) atoms. The Hall–Kier alpha value is -1.43. The molecule has 6 heteroatoms. The first-order valence-electron chi connectivity index (χ1n) is 6.29. The number of sulfone groups is 1. The molecule has 0 bridgehead atoms. The fourth-order valence-corrected chi connectivity index (χ4v) is 2.90. The van der Waals surface area contributed by atoms with Gasteiger partial charge in [-0.3, -0.25) is 4.79 Å². The second-order valence-electron chi connectivity index (χ2n) is 5.82. The molecule has 1 N–H and O–H groups in total. The van der Waals surface area contributed by atoms with Crippen LogP contribution in [-0.4, -0.2) is 25.1 Å². The molecular formula is C14H20FNO3S. The zero-order valence-electron chi connectivity index (χ0n) is 12.1. The number of carbonyl (C=O) groups is 1. The Morgan fingerprint density at radius 3 is 2.45 bits per heavy atom. The van der Waals surface area contributed by atoms with E-state index >= 15 is 0 Å². The number of carbonyl (C=O) groups excluding carboxylic acids is 1. The molecular weight excluding hydrogens is 281 g/mol. The van der Waals surface area contributed by atoms with Crippen molar-refractivity contribution in [2.75, 3.05) is 0 Å². The van der Waals surface area contributed by atoms with Crippen LogP contribution in [0.3, 0.4) is 0 Å². The molecule has 1 aromatic rings. The van der Waals surface area contributed by atoms with Gasteiger partial charge >= 0.3 is 0 Å². The van der Waals surface area contributed by atoms with Gasteiger partial charge in [-0.15, -0.1) is 0 Å². The van der Waals surface area contributed by atoms with Gasteiger partial charge in [0.2, 0.25) is 5.91 Å². The third kappa shape index (κ3) is 4.92. The minimum Gasteiger partial charge on any atom is -0.350 e. The number of amides is 1. The van der Waals surface area contributed by atoms with E-state index in [9.17, 15) is 17.6 Å². The Morgan fingerprint density at radius 1 is 1.35 bits per heavy atom. The molecule has 112 valence electrons. The number of hydrogen-bond donors (Lipinski definition) is 1. The van der Waals surface area contributed by atoms with Crippen molar-refractivity contribution < 1.29 is 17.6 Å². The van der Waals surface area contributed by atoms with Gasteiger partial charge in [-0.2, -0.15) is 0 Å². The third-order valence-corrected chi connectivity index (χ3v) is 4.69. The zero-order valence-corrected chi connectivity index (χ0v) is 12.9. The van der Waals surface area contributed by atoms with Gasteiger partial charge in [0.1, 0.15) is 11.1 Å². The van der Waals surface area contributed by atoms with Crippen molar-refractivity contribution in [2.24, 2.45) is 0 Å². The van der Waals surface area contributed by atoms with Crippen molar-refractivity contribution in [3.63, 3.8) is 0 Å². The molecule has 0 saturated carbocycles. The highest BCUT2D eigenvalue weighted by molar-refractivity contribution is 7.92. The van der Waals surface area contributed by atoms with Crippen LogP contribution in [0.1, 0.15) is 33.3 Å². The summed E-state index contributed by atoms with van der Waals surface area (Å²) in [7, 11) is -3.68. The van der Waals surface area contributed by atoms with Crippen LogP contribution in [-0.2, 0) is 20.4 Å². The maximum absolute atomic E-state index is 13.1. The van der Waals surface area contributed by atoms with Gasteiger partial charge < -0.3 is 5.32 Å². The summed E-state index contributed by atoms with van der Waals surface area (Å²) in [4.78, 5) is 11.9. The predicted octanol–water partition coefficient (Wildman–Crippen LogP) is 2.04. The molecule has 0 aliphatic rings. The maximum Gasteiger partial charge on any atom is 0.238 e.